The molecule has 7 heteroatoms. The minimum absolute atomic E-state index is 0.175. The molecule has 0 bridgehead atoms. The van der Waals surface area contributed by atoms with Gasteiger partial charge < -0.3 is 19.3 Å². The minimum atomic E-state index is -0.900. The highest BCUT2D eigenvalue weighted by atomic mass is 16.5. The number of aromatic nitrogens is 2. The van der Waals surface area contributed by atoms with Gasteiger partial charge in [-0.05, 0) is 35.7 Å². The number of rotatable bonds is 4. The lowest BCUT2D eigenvalue weighted by atomic mass is 10.0. The van der Waals surface area contributed by atoms with E-state index in [1.165, 1.54) is 16.5 Å². The fraction of sp³-hybridized carbons (Fsp3) is 0.200. The molecular weight excluding hydrogens is 406 g/mol. The lowest BCUT2D eigenvalue weighted by molar-refractivity contribution is 0.139. The van der Waals surface area contributed by atoms with Crippen LogP contribution in [0.1, 0.15) is 16.8 Å². The van der Waals surface area contributed by atoms with Crippen LogP contribution in [0.4, 0.5) is 4.79 Å². The van der Waals surface area contributed by atoms with Crippen LogP contribution < -0.4 is 10.3 Å². The van der Waals surface area contributed by atoms with Gasteiger partial charge in [-0.25, -0.2) is 4.79 Å². The molecular formula is C25H23N3O4. The van der Waals surface area contributed by atoms with E-state index in [2.05, 4.69) is 0 Å². The standard InChI is InChI=1S/C25H23N3O4/c1-26-22-13-18(7-8-20(22)21-10-11-27(25(30)31)15-23(21)26)28-12-9-19(14-24(28)29)32-16-17-5-3-2-4-6-17/h2-9,12-14H,10-11,15-16H2,1H3,(H,30,31). The molecule has 1 amide bonds. The van der Waals surface area contributed by atoms with Crippen LogP contribution in [-0.2, 0) is 26.6 Å². The van der Waals surface area contributed by atoms with Crippen molar-refractivity contribution in [2.75, 3.05) is 6.54 Å². The van der Waals surface area contributed by atoms with Gasteiger partial charge in [0.1, 0.15) is 12.4 Å². The summed E-state index contributed by atoms with van der Waals surface area (Å²) in [5.74, 6) is 0.527. The zero-order chi connectivity index (χ0) is 22.2. The molecule has 1 aliphatic rings. The summed E-state index contributed by atoms with van der Waals surface area (Å²) in [6, 6.07) is 19.0. The molecule has 1 N–H and O–H groups in total. The predicted octanol–water partition coefficient (Wildman–Crippen LogP) is 3.94. The van der Waals surface area contributed by atoms with E-state index in [1.54, 1.807) is 16.8 Å². The molecule has 2 aromatic carbocycles. The molecule has 0 aliphatic carbocycles. The highest BCUT2D eigenvalue weighted by Crippen LogP contribution is 2.31. The van der Waals surface area contributed by atoms with E-state index in [0.717, 1.165) is 27.8 Å². The molecule has 0 unspecified atom stereocenters. The van der Waals surface area contributed by atoms with Crippen molar-refractivity contribution in [3.05, 3.63) is 94.0 Å². The van der Waals surface area contributed by atoms with Crippen LogP contribution in [0.25, 0.3) is 16.6 Å². The smallest absolute Gasteiger partial charge is 0.407 e. The average molecular weight is 429 g/mol. The molecule has 5 rings (SSSR count). The molecule has 2 aromatic heterocycles. The fourth-order valence-corrected chi connectivity index (χ4v) is 4.36. The van der Waals surface area contributed by atoms with Gasteiger partial charge in [0.2, 0.25) is 0 Å². The third kappa shape index (κ3) is 3.51. The van der Waals surface area contributed by atoms with Gasteiger partial charge in [-0.15, -0.1) is 0 Å². The normalized spacial score (nSPS) is 13.2. The van der Waals surface area contributed by atoms with Crippen LogP contribution in [-0.4, -0.2) is 31.8 Å². The molecule has 162 valence electrons. The Morgan fingerprint density at radius 3 is 2.66 bits per heavy atom. The van der Waals surface area contributed by atoms with Gasteiger partial charge in [0.25, 0.3) is 5.56 Å². The van der Waals surface area contributed by atoms with Crippen molar-refractivity contribution in [2.24, 2.45) is 7.05 Å². The van der Waals surface area contributed by atoms with Gasteiger partial charge in [0.05, 0.1) is 17.7 Å². The first-order valence-electron chi connectivity index (χ1n) is 10.5. The van der Waals surface area contributed by atoms with Crippen molar-refractivity contribution in [3.8, 4) is 11.4 Å². The van der Waals surface area contributed by atoms with Crippen molar-refractivity contribution in [1.82, 2.24) is 14.0 Å². The Kier molecular flexibility index (Phi) is 4.93. The maximum atomic E-state index is 12.8. The van der Waals surface area contributed by atoms with Crippen LogP contribution >= 0.6 is 0 Å². The highest BCUT2D eigenvalue weighted by molar-refractivity contribution is 5.88. The molecule has 0 radical (unpaired) electrons. The second-order valence-corrected chi connectivity index (χ2v) is 7.98. The number of nitrogens with zero attached hydrogens (tertiary/aromatic N) is 3. The Morgan fingerprint density at radius 2 is 1.91 bits per heavy atom. The van der Waals surface area contributed by atoms with Gasteiger partial charge in [-0.1, -0.05) is 36.4 Å². The van der Waals surface area contributed by atoms with Crippen LogP contribution in [0, 0.1) is 0 Å². The zero-order valence-electron chi connectivity index (χ0n) is 17.7. The Hall–Kier alpha value is -4.00. The summed E-state index contributed by atoms with van der Waals surface area (Å²) in [7, 11) is 1.94. The number of pyridine rings is 1. The summed E-state index contributed by atoms with van der Waals surface area (Å²) in [6.07, 6.45) is 1.51. The number of hydrogen-bond acceptors (Lipinski definition) is 3. The third-order valence-electron chi connectivity index (χ3n) is 6.08. The quantitative estimate of drug-likeness (QED) is 0.533. The van der Waals surface area contributed by atoms with Crippen molar-refractivity contribution >= 4 is 17.0 Å². The maximum Gasteiger partial charge on any atom is 0.407 e. The van der Waals surface area contributed by atoms with E-state index in [0.29, 0.717) is 31.9 Å². The lowest BCUT2D eigenvalue weighted by Crippen LogP contribution is -2.35. The number of hydrogen-bond donors (Lipinski definition) is 1. The molecule has 0 saturated heterocycles. The van der Waals surface area contributed by atoms with E-state index in [1.807, 2.05) is 60.1 Å². The first-order chi connectivity index (χ1) is 15.5. The van der Waals surface area contributed by atoms with Gasteiger partial charge in [0, 0.05) is 36.9 Å². The first kappa shape index (κ1) is 19.9. The first-order valence-corrected chi connectivity index (χ1v) is 10.5. The van der Waals surface area contributed by atoms with Crippen LogP contribution in [0.3, 0.4) is 0 Å². The number of amides is 1. The molecule has 4 aromatic rings. The maximum absolute atomic E-state index is 12.8. The van der Waals surface area contributed by atoms with E-state index in [4.69, 9.17) is 4.74 Å². The van der Waals surface area contributed by atoms with E-state index < -0.39 is 6.09 Å². The highest BCUT2D eigenvalue weighted by Gasteiger charge is 2.25. The molecule has 1 aliphatic heterocycles. The van der Waals surface area contributed by atoms with Gasteiger partial charge in [-0.2, -0.15) is 0 Å². The monoisotopic (exact) mass is 429 g/mol. The number of fused-ring (bicyclic) bond motifs is 3. The number of aryl methyl sites for hydroxylation is 1. The largest absolute Gasteiger partial charge is 0.489 e. The van der Waals surface area contributed by atoms with Gasteiger partial charge in [-0.3, -0.25) is 9.36 Å². The number of carbonyl (C=O) groups is 1. The Balaban J connectivity index is 1.44. The van der Waals surface area contributed by atoms with E-state index >= 15 is 0 Å². The summed E-state index contributed by atoms with van der Waals surface area (Å²) in [5.41, 5.74) is 4.79. The van der Waals surface area contributed by atoms with Crippen molar-refractivity contribution in [3.63, 3.8) is 0 Å². The third-order valence-corrected chi connectivity index (χ3v) is 6.08. The Bertz CT molecular complexity index is 1370. The number of carboxylic acid groups (broad SMARTS) is 1. The van der Waals surface area contributed by atoms with Crippen LogP contribution in [0.5, 0.6) is 5.75 Å². The van der Waals surface area contributed by atoms with Crippen molar-refractivity contribution in [2.45, 2.75) is 19.6 Å². The van der Waals surface area contributed by atoms with Crippen molar-refractivity contribution in [1.29, 1.82) is 0 Å². The van der Waals surface area contributed by atoms with E-state index in [9.17, 15) is 14.7 Å². The molecule has 3 heterocycles. The van der Waals surface area contributed by atoms with Crippen LogP contribution in [0.15, 0.2) is 71.7 Å². The summed E-state index contributed by atoms with van der Waals surface area (Å²) in [6.45, 7) is 1.27. The van der Waals surface area contributed by atoms with Gasteiger partial charge >= 0.3 is 6.09 Å². The number of ether oxygens (including phenoxy) is 1. The summed E-state index contributed by atoms with van der Waals surface area (Å²) in [5, 5.41) is 10.5. The molecule has 0 fully saturated rings. The molecule has 0 spiro atoms. The predicted molar refractivity (Wildman–Crippen MR) is 121 cm³/mol. The molecule has 0 saturated carbocycles. The topological polar surface area (TPSA) is 76.7 Å². The Labute approximate surface area is 184 Å². The second kappa shape index (κ2) is 7.92. The van der Waals surface area contributed by atoms with Crippen molar-refractivity contribution < 1.29 is 14.6 Å². The molecule has 7 nitrogen and oxygen atoms in total. The van der Waals surface area contributed by atoms with E-state index in [-0.39, 0.29) is 5.56 Å². The lowest BCUT2D eigenvalue weighted by Gasteiger charge is -2.25. The zero-order valence-corrected chi connectivity index (χ0v) is 17.7. The summed E-state index contributed by atoms with van der Waals surface area (Å²) < 4.78 is 9.39. The van der Waals surface area contributed by atoms with Gasteiger partial charge in [0.15, 0.2) is 0 Å². The molecule has 0 atom stereocenters. The summed E-state index contributed by atoms with van der Waals surface area (Å²) >= 11 is 0. The minimum Gasteiger partial charge on any atom is -0.489 e. The second-order valence-electron chi connectivity index (χ2n) is 7.98. The molecule has 32 heavy (non-hydrogen) atoms. The SMILES string of the molecule is Cn1c2c(c3ccc(-n4ccc(OCc5ccccc5)cc4=O)cc31)CCN(C(=O)O)C2. The number of benzene rings is 2. The Morgan fingerprint density at radius 1 is 1.09 bits per heavy atom. The average Bonchev–Trinajstić information content (AvgIpc) is 3.09. The fourth-order valence-electron chi connectivity index (χ4n) is 4.36. The summed E-state index contributed by atoms with van der Waals surface area (Å²) in [4.78, 5) is 25.6. The van der Waals surface area contributed by atoms with Crippen LogP contribution in [0.2, 0.25) is 0 Å².